The van der Waals surface area contributed by atoms with Crippen molar-refractivity contribution < 1.29 is 32.2 Å². The molecule has 0 saturated heterocycles. The van der Waals surface area contributed by atoms with Crippen molar-refractivity contribution in [1.82, 2.24) is 9.55 Å². The van der Waals surface area contributed by atoms with E-state index in [4.69, 9.17) is 9.47 Å². The van der Waals surface area contributed by atoms with Gasteiger partial charge in [-0.05, 0) is 24.3 Å². The van der Waals surface area contributed by atoms with Gasteiger partial charge in [0, 0.05) is 17.3 Å². The molecule has 35 heavy (non-hydrogen) atoms. The number of ether oxygens (including phenoxy) is 2. The minimum Gasteiger partial charge on any atom is -0.497 e. The van der Waals surface area contributed by atoms with E-state index in [1.54, 1.807) is 66.7 Å². The SMILES string of the molecule is COc1cccc(NC(=O)C(OC(=O)Cn2c(C(F)(F)F)nc3ccccc32)c2ccccc2)c1. The molecule has 1 amide bonds. The fourth-order valence-corrected chi connectivity index (χ4v) is 3.56. The number of benzene rings is 3. The van der Waals surface area contributed by atoms with E-state index in [-0.39, 0.29) is 11.0 Å². The molecule has 1 N–H and O–H groups in total. The zero-order valence-corrected chi connectivity index (χ0v) is 18.5. The lowest BCUT2D eigenvalue weighted by Crippen LogP contribution is -2.28. The van der Waals surface area contributed by atoms with Gasteiger partial charge in [0.1, 0.15) is 12.3 Å². The summed E-state index contributed by atoms with van der Waals surface area (Å²) in [5.74, 6) is -2.44. The summed E-state index contributed by atoms with van der Waals surface area (Å²) in [5, 5.41) is 2.65. The van der Waals surface area contributed by atoms with Gasteiger partial charge in [0.15, 0.2) is 0 Å². The topological polar surface area (TPSA) is 82.5 Å². The maximum Gasteiger partial charge on any atom is 0.449 e. The lowest BCUT2D eigenvalue weighted by Gasteiger charge is -2.19. The zero-order valence-electron chi connectivity index (χ0n) is 18.5. The minimum atomic E-state index is -4.79. The first-order valence-electron chi connectivity index (χ1n) is 10.5. The van der Waals surface area contributed by atoms with E-state index in [2.05, 4.69) is 10.3 Å². The molecular formula is C25H20F3N3O4. The molecule has 0 bridgehead atoms. The van der Waals surface area contributed by atoms with Crippen LogP contribution >= 0.6 is 0 Å². The number of anilines is 1. The molecule has 1 aromatic heterocycles. The van der Waals surface area contributed by atoms with Crippen molar-refractivity contribution in [3.8, 4) is 5.75 Å². The van der Waals surface area contributed by atoms with Crippen molar-refractivity contribution in [3.63, 3.8) is 0 Å². The average molecular weight is 483 g/mol. The van der Waals surface area contributed by atoms with Crippen LogP contribution in [0.15, 0.2) is 78.9 Å². The molecule has 4 aromatic rings. The van der Waals surface area contributed by atoms with Crippen LogP contribution in [0.5, 0.6) is 5.75 Å². The molecule has 0 spiro atoms. The number of alkyl halides is 3. The number of nitrogens with zero attached hydrogens (tertiary/aromatic N) is 2. The normalized spacial score (nSPS) is 12.2. The molecule has 1 unspecified atom stereocenters. The highest BCUT2D eigenvalue weighted by Gasteiger charge is 2.38. The Bertz CT molecular complexity index is 1350. The van der Waals surface area contributed by atoms with Gasteiger partial charge in [0.2, 0.25) is 11.9 Å². The Morgan fingerprint density at radius 1 is 1.00 bits per heavy atom. The number of fused-ring (bicyclic) bond motifs is 1. The predicted molar refractivity (Wildman–Crippen MR) is 122 cm³/mol. The van der Waals surface area contributed by atoms with E-state index in [1.807, 2.05) is 0 Å². The van der Waals surface area contributed by atoms with Crippen molar-refractivity contribution in [3.05, 3.63) is 90.3 Å². The third kappa shape index (κ3) is 5.43. The highest BCUT2D eigenvalue weighted by atomic mass is 19.4. The summed E-state index contributed by atoms with van der Waals surface area (Å²) in [7, 11) is 1.48. The first-order chi connectivity index (χ1) is 16.8. The highest BCUT2D eigenvalue weighted by molar-refractivity contribution is 5.96. The number of nitrogens with one attached hydrogen (secondary N) is 1. The molecule has 4 rings (SSSR count). The third-order valence-electron chi connectivity index (χ3n) is 5.12. The van der Waals surface area contributed by atoms with Crippen LogP contribution in [0, 0.1) is 0 Å². The molecule has 3 aromatic carbocycles. The lowest BCUT2D eigenvalue weighted by atomic mass is 10.1. The number of amides is 1. The van der Waals surface area contributed by atoms with Gasteiger partial charge in [-0.1, -0.05) is 48.5 Å². The van der Waals surface area contributed by atoms with Gasteiger partial charge >= 0.3 is 12.1 Å². The maximum absolute atomic E-state index is 13.6. The number of rotatable bonds is 7. The molecule has 0 fully saturated rings. The van der Waals surface area contributed by atoms with Gasteiger partial charge < -0.3 is 19.4 Å². The number of imidazole rings is 1. The monoisotopic (exact) mass is 483 g/mol. The van der Waals surface area contributed by atoms with E-state index in [0.717, 1.165) is 4.57 Å². The number of para-hydroxylation sites is 2. The van der Waals surface area contributed by atoms with Gasteiger partial charge in [0.05, 0.1) is 18.1 Å². The van der Waals surface area contributed by atoms with Crippen LogP contribution < -0.4 is 10.1 Å². The Morgan fingerprint density at radius 3 is 2.43 bits per heavy atom. The summed E-state index contributed by atoms with van der Waals surface area (Å²) >= 11 is 0. The summed E-state index contributed by atoms with van der Waals surface area (Å²) in [5.41, 5.74) is 0.955. The molecule has 0 aliphatic rings. The van der Waals surface area contributed by atoms with E-state index < -0.39 is 36.5 Å². The molecule has 1 atom stereocenters. The molecular weight excluding hydrogens is 463 g/mol. The van der Waals surface area contributed by atoms with Crippen molar-refractivity contribution in [2.75, 3.05) is 12.4 Å². The Kier molecular flexibility index (Phi) is 6.72. The van der Waals surface area contributed by atoms with Crippen LogP contribution in [0.3, 0.4) is 0 Å². The van der Waals surface area contributed by atoms with Crippen molar-refractivity contribution >= 4 is 28.6 Å². The summed E-state index contributed by atoms with van der Waals surface area (Å²) in [6.45, 7) is -0.787. The van der Waals surface area contributed by atoms with Gasteiger partial charge in [-0.3, -0.25) is 9.59 Å². The van der Waals surface area contributed by atoms with Gasteiger partial charge in [-0.25, -0.2) is 4.98 Å². The smallest absolute Gasteiger partial charge is 0.449 e. The van der Waals surface area contributed by atoms with Crippen LogP contribution in [0.2, 0.25) is 0 Å². The zero-order chi connectivity index (χ0) is 25.0. The third-order valence-corrected chi connectivity index (χ3v) is 5.12. The second-order valence-electron chi connectivity index (χ2n) is 7.51. The Balaban J connectivity index is 1.61. The van der Waals surface area contributed by atoms with E-state index in [9.17, 15) is 22.8 Å². The van der Waals surface area contributed by atoms with Crippen LogP contribution in [-0.4, -0.2) is 28.5 Å². The van der Waals surface area contributed by atoms with Gasteiger partial charge in [0.25, 0.3) is 5.91 Å². The second-order valence-corrected chi connectivity index (χ2v) is 7.51. The number of hydrogen-bond donors (Lipinski definition) is 1. The molecule has 0 aliphatic carbocycles. The molecule has 0 saturated carbocycles. The summed E-state index contributed by atoms with van der Waals surface area (Å²) in [4.78, 5) is 29.5. The standard InChI is InChI=1S/C25H20F3N3O4/c1-34-18-11-7-10-17(14-18)29-23(33)22(16-8-3-2-4-9-16)35-21(32)15-31-20-13-6-5-12-19(20)30-24(31)25(26,27)28/h2-14,22H,15H2,1H3,(H,29,33). The van der Waals surface area contributed by atoms with Gasteiger partial charge in [-0.15, -0.1) is 0 Å². The quantitative estimate of drug-likeness (QED) is 0.375. The number of carbonyl (C=O) groups is 2. The molecule has 7 nitrogen and oxygen atoms in total. The minimum absolute atomic E-state index is 0.0861. The Morgan fingerprint density at radius 2 is 1.71 bits per heavy atom. The van der Waals surface area contributed by atoms with Crippen LogP contribution in [0.1, 0.15) is 17.5 Å². The summed E-state index contributed by atoms with van der Waals surface area (Å²) in [6.07, 6.45) is -6.19. The number of hydrogen-bond acceptors (Lipinski definition) is 5. The van der Waals surface area contributed by atoms with Gasteiger partial charge in [-0.2, -0.15) is 13.2 Å². The number of methoxy groups -OCH3 is 1. The van der Waals surface area contributed by atoms with E-state index in [0.29, 0.717) is 17.0 Å². The van der Waals surface area contributed by atoms with Crippen LogP contribution in [0.4, 0.5) is 18.9 Å². The number of esters is 1. The Hall–Kier alpha value is -4.34. The molecule has 180 valence electrons. The number of halogens is 3. The molecule has 1 heterocycles. The highest BCUT2D eigenvalue weighted by Crippen LogP contribution is 2.32. The first-order valence-corrected chi connectivity index (χ1v) is 10.5. The van der Waals surface area contributed by atoms with Crippen molar-refractivity contribution in [2.24, 2.45) is 0 Å². The van der Waals surface area contributed by atoms with Crippen molar-refractivity contribution in [2.45, 2.75) is 18.8 Å². The lowest BCUT2D eigenvalue weighted by molar-refractivity contribution is -0.157. The largest absolute Gasteiger partial charge is 0.497 e. The Labute approximate surface area is 198 Å². The summed E-state index contributed by atoms with van der Waals surface area (Å²) in [6, 6.07) is 20.7. The van der Waals surface area contributed by atoms with E-state index >= 15 is 0 Å². The second kappa shape index (κ2) is 9.88. The first kappa shape index (κ1) is 23.8. The molecule has 0 radical (unpaired) electrons. The fourth-order valence-electron chi connectivity index (χ4n) is 3.56. The average Bonchev–Trinajstić information content (AvgIpc) is 3.22. The van der Waals surface area contributed by atoms with E-state index in [1.165, 1.54) is 19.2 Å². The van der Waals surface area contributed by atoms with Crippen molar-refractivity contribution in [1.29, 1.82) is 0 Å². The maximum atomic E-state index is 13.6. The van der Waals surface area contributed by atoms with Crippen LogP contribution in [0.25, 0.3) is 11.0 Å². The number of aromatic nitrogens is 2. The summed E-state index contributed by atoms with van der Waals surface area (Å²) < 4.78 is 52.1. The predicted octanol–water partition coefficient (Wildman–Crippen LogP) is 4.99. The molecule has 0 aliphatic heterocycles. The molecule has 10 heteroatoms. The fraction of sp³-hybridized carbons (Fsp3) is 0.160. The van der Waals surface area contributed by atoms with Crippen LogP contribution in [-0.2, 0) is 27.0 Å². The number of carbonyl (C=O) groups excluding carboxylic acids is 2.